The summed E-state index contributed by atoms with van der Waals surface area (Å²) in [4.78, 5) is 17.1. The van der Waals surface area contributed by atoms with Gasteiger partial charge in [-0.1, -0.05) is 11.6 Å². The van der Waals surface area contributed by atoms with Crippen LogP contribution < -0.4 is 14.2 Å². The monoisotopic (exact) mass is 373 g/mol. The Kier molecular flexibility index (Phi) is 4.27. The number of aromatic nitrogens is 1. The molecule has 0 amide bonds. The molecule has 6 heteroatoms. The molecule has 26 heavy (non-hydrogen) atoms. The van der Waals surface area contributed by atoms with Crippen LogP contribution in [0.4, 0.5) is 0 Å². The molecule has 1 aliphatic carbocycles. The van der Waals surface area contributed by atoms with Crippen molar-refractivity contribution in [1.29, 1.82) is 0 Å². The Morgan fingerprint density at radius 1 is 1.23 bits per heavy atom. The van der Waals surface area contributed by atoms with Crippen molar-refractivity contribution in [1.82, 2.24) is 4.98 Å². The Balaban J connectivity index is 1.70. The van der Waals surface area contributed by atoms with Gasteiger partial charge in [-0.25, -0.2) is 0 Å². The Labute approximate surface area is 157 Å². The Morgan fingerprint density at radius 2 is 1.96 bits per heavy atom. The summed E-state index contributed by atoms with van der Waals surface area (Å²) < 4.78 is 17.7. The van der Waals surface area contributed by atoms with Crippen molar-refractivity contribution in [3.8, 4) is 17.2 Å². The normalized spacial score (nSPS) is 16.9. The SMILES string of the molecule is COc1ccc(C(=O)Cc2c(C)cncc2Cl)c2c1OC1(CCCC1)O2. The van der Waals surface area contributed by atoms with Gasteiger partial charge in [-0.15, -0.1) is 0 Å². The number of Topliss-reactive ketones (excluding diaryl/α,β-unsaturated/α-hetero) is 1. The number of nitrogens with zero attached hydrogens (tertiary/aromatic N) is 1. The molecule has 0 bridgehead atoms. The summed E-state index contributed by atoms with van der Waals surface area (Å²) >= 11 is 6.23. The van der Waals surface area contributed by atoms with Crippen molar-refractivity contribution >= 4 is 17.4 Å². The predicted molar refractivity (Wildman–Crippen MR) is 97.5 cm³/mol. The molecule has 4 rings (SSSR count). The van der Waals surface area contributed by atoms with Crippen LogP contribution in [0.1, 0.15) is 47.2 Å². The Hall–Kier alpha value is -2.27. The molecule has 1 aromatic heterocycles. The van der Waals surface area contributed by atoms with Crippen molar-refractivity contribution in [3.63, 3.8) is 0 Å². The van der Waals surface area contributed by atoms with Gasteiger partial charge in [-0.2, -0.15) is 0 Å². The minimum atomic E-state index is -0.657. The molecule has 0 N–H and O–H groups in total. The van der Waals surface area contributed by atoms with E-state index in [1.54, 1.807) is 31.6 Å². The maximum atomic E-state index is 13.0. The smallest absolute Gasteiger partial charge is 0.251 e. The molecule has 1 aliphatic heterocycles. The number of ketones is 1. The Morgan fingerprint density at radius 3 is 2.65 bits per heavy atom. The van der Waals surface area contributed by atoms with Gasteiger partial charge in [0.05, 0.1) is 17.7 Å². The van der Waals surface area contributed by atoms with Crippen LogP contribution in [0.15, 0.2) is 24.5 Å². The maximum Gasteiger partial charge on any atom is 0.251 e. The zero-order valence-corrected chi connectivity index (χ0v) is 15.6. The highest BCUT2D eigenvalue weighted by Crippen LogP contribution is 2.52. The van der Waals surface area contributed by atoms with Gasteiger partial charge in [-0.05, 0) is 43.0 Å². The molecule has 5 nitrogen and oxygen atoms in total. The third-order valence-electron chi connectivity index (χ3n) is 5.10. The fraction of sp³-hybridized carbons (Fsp3) is 0.400. The van der Waals surface area contributed by atoms with Gasteiger partial charge in [0.25, 0.3) is 5.79 Å². The minimum absolute atomic E-state index is 0.0706. The summed E-state index contributed by atoms with van der Waals surface area (Å²) in [6.07, 6.45) is 7.17. The van der Waals surface area contributed by atoms with Crippen LogP contribution in [0.3, 0.4) is 0 Å². The first-order valence-corrected chi connectivity index (χ1v) is 9.12. The number of rotatable bonds is 4. The van der Waals surface area contributed by atoms with Gasteiger partial charge in [0, 0.05) is 31.7 Å². The number of carbonyl (C=O) groups is 1. The van der Waals surface area contributed by atoms with Crippen molar-refractivity contribution in [3.05, 3.63) is 46.2 Å². The lowest BCUT2D eigenvalue weighted by Gasteiger charge is -2.21. The topological polar surface area (TPSA) is 57.7 Å². The van der Waals surface area contributed by atoms with Crippen molar-refractivity contribution in [2.45, 2.75) is 44.8 Å². The van der Waals surface area contributed by atoms with Crippen molar-refractivity contribution < 1.29 is 19.0 Å². The molecule has 0 saturated heterocycles. The average Bonchev–Trinajstić information content (AvgIpc) is 3.23. The summed E-state index contributed by atoms with van der Waals surface area (Å²) in [5.74, 6) is 0.866. The fourth-order valence-electron chi connectivity index (χ4n) is 3.67. The summed E-state index contributed by atoms with van der Waals surface area (Å²) in [5.41, 5.74) is 2.17. The van der Waals surface area contributed by atoms with E-state index in [9.17, 15) is 4.79 Å². The first-order valence-electron chi connectivity index (χ1n) is 8.74. The maximum absolute atomic E-state index is 13.0. The van der Waals surface area contributed by atoms with E-state index < -0.39 is 5.79 Å². The highest BCUT2D eigenvalue weighted by Gasteiger charge is 2.46. The molecule has 2 heterocycles. The molecule has 0 radical (unpaired) electrons. The molecule has 2 aromatic rings. The molecule has 0 atom stereocenters. The van der Waals surface area contributed by atoms with Crippen LogP contribution in [-0.4, -0.2) is 23.7 Å². The molecule has 1 fully saturated rings. The van der Waals surface area contributed by atoms with Gasteiger partial charge in [0.2, 0.25) is 5.75 Å². The molecule has 1 saturated carbocycles. The molecule has 1 spiro atoms. The van der Waals surface area contributed by atoms with Crippen molar-refractivity contribution in [2.24, 2.45) is 0 Å². The highest BCUT2D eigenvalue weighted by atomic mass is 35.5. The number of aryl methyl sites for hydroxylation is 1. The second kappa shape index (κ2) is 6.47. The molecular weight excluding hydrogens is 354 g/mol. The van der Waals surface area contributed by atoms with Gasteiger partial charge >= 0.3 is 0 Å². The first-order chi connectivity index (χ1) is 12.5. The van der Waals surface area contributed by atoms with Gasteiger partial charge in [-0.3, -0.25) is 9.78 Å². The lowest BCUT2D eigenvalue weighted by Crippen LogP contribution is -2.34. The number of halogens is 1. The lowest BCUT2D eigenvalue weighted by atomic mass is 9.99. The van der Waals surface area contributed by atoms with Crippen LogP contribution in [0.5, 0.6) is 17.2 Å². The summed E-state index contributed by atoms with van der Waals surface area (Å²) in [7, 11) is 1.58. The number of benzene rings is 1. The van der Waals surface area contributed by atoms with Gasteiger partial charge < -0.3 is 14.2 Å². The van der Waals surface area contributed by atoms with E-state index in [4.69, 9.17) is 25.8 Å². The average molecular weight is 374 g/mol. The van der Waals surface area contributed by atoms with E-state index in [-0.39, 0.29) is 12.2 Å². The van der Waals surface area contributed by atoms with E-state index in [2.05, 4.69) is 4.98 Å². The molecular formula is C20H20ClNO4. The predicted octanol–water partition coefficient (Wildman–Crippen LogP) is 4.52. The van der Waals surface area contributed by atoms with Crippen LogP contribution >= 0.6 is 11.6 Å². The van der Waals surface area contributed by atoms with Crippen LogP contribution in [-0.2, 0) is 6.42 Å². The molecule has 136 valence electrons. The quantitative estimate of drug-likeness (QED) is 0.737. The van der Waals surface area contributed by atoms with Crippen molar-refractivity contribution in [2.75, 3.05) is 7.11 Å². The van der Waals surface area contributed by atoms with E-state index >= 15 is 0 Å². The standard InChI is InChI=1S/C20H20ClNO4/c1-12-10-22-11-15(21)14(12)9-16(23)13-5-6-17(24-2)19-18(13)25-20(26-19)7-3-4-8-20/h5-6,10-11H,3-4,7-9H2,1-2H3. The third kappa shape index (κ3) is 2.80. The number of carbonyl (C=O) groups excluding carboxylic acids is 1. The second-order valence-electron chi connectivity index (χ2n) is 6.81. The zero-order valence-electron chi connectivity index (χ0n) is 14.8. The highest BCUT2D eigenvalue weighted by molar-refractivity contribution is 6.31. The summed E-state index contributed by atoms with van der Waals surface area (Å²) in [5, 5.41) is 0.493. The largest absolute Gasteiger partial charge is 0.493 e. The number of methoxy groups -OCH3 is 1. The third-order valence-corrected chi connectivity index (χ3v) is 5.42. The first kappa shape index (κ1) is 17.2. The van der Waals surface area contributed by atoms with Crippen LogP contribution in [0, 0.1) is 6.92 Å². The van der Waals surface area contributed by atoms with Gasteiger partial charge in [0.15, 0.2) is 17.3 Å². The van der Waals surface area contributed by atoms with E-state index in [0.717, 1.165) is 36.8 Å². The molecule has 2 aliphatic rings. The molecule has 0 unspecified atom stereocenters. The Bertz CT molecular complexity index is 854. The summed E-state index contributed by atoms with van der Waals surface area (Å²) in [6, 6.07) is 3.49. The lowest BCUT2D eigenvalue weighted by molar-refractivity contribution is -0.0724. The number of pyridine rings is 1. The van der Waals surface area contributed by atoms with Gasteiger partial charge in [0.1, 0.15) is 0 Å². The fourth-order valence-corrected chi connectivity index (χ4v) is 3.94. The van der Waals surface area contributed by atoms with Crippen LogP contribution in [0.2, 0.25) is 5.02 Å². The molecule has 1 aromatic carbocycles. The number of hydrogen-bond acceptors (Lipinski definition) is 5. The number of hydrogen-bond donors (Lipinski definition) is 0. The second-order valence-corrected chi connectivity index (χ2v) is 7.22. The minimum Gasteiger partial charge on any atom is -0.493 e. The number of fused-ring (bicyclic) bond motifs is 1. The van der Waals surface area contributed by atoms with E-state index in [1.165, 1.54) is 0 Å². The number of ether oxygens (including phenoxy) is 3. The van der Waals surface area contributed by atoms with E-state index in [0.29, 0.717) is 27.8 Å². The summed E-state index contributed by atoms with van der Waals surface area (Å²) in [6.45, 7) is 1.90. The van der Waals surface area contributed by atoms with E-state index in [1.807, 2.05) is 6.92 Å². The van der Waals surface area contributed by atoms with Crippen LogP contribution in [0.25, 0.3) is 0 Å². The zero-order chi connectivity index (χ0) is 18.3.